The second-order valence-corrected chi connectivity index (χ2v) is 3.11. The Labute approximate surface area is 101 Å². The molecule has 1 N–H and O–H groups in total. The lowest BCUT2D eigenvalue weighted by Gasteiger charge is -2.12. The van der Waals surface area contributed by atoms with E-state index in [0.29, 0.717) is 12.2 Å². The molecule has 1 amide bonds. The molecule has 0 aromatic heterocycles. The third kappa shape index (κ3) is 5.87. The quantitative estimate of drug-likeness (QED) is 0.521. The molecular weight excluding hydrogens is 225 g/mol. The highest BCUT2D eigenvalue weighted by molar-refractivity contribution is 5.77. The van der Waals surface area contributed by atoms with Gasteiger partial charge in [0.2, 0.25) is 5.91 Å². The van der Waals surface area contributed by atoms with Gasteiger partial charge in [-0.2, -0.15) is 0 Å². The monoisotopic (exact) mass is 243 g/mol. The van der Waals surface area contributed by atoms with E-state index in [4.69, 9.17) is 4.74 Å². The number of ether oxygens (including phenoxy) is 2. The highest BCUT2D eigenvalue weighted by atomic mass is 19.1. The lowest BCUT2D eigenvalue weighted by molar-refractivity contribution is -0.124. The molecule has 0 saturated heterocycles. The Bertz CT molecular complexity index is 324. The van der Waals surface area contributed by atoms with Crippen LogP contribution in [0.1, 0.15) is 6.92 Å². The van der Waals surface area contributed by atoms with E-state index < -0.39 is 5.83 Å². The topological polar surface area (TPSA) is 47.6 Å². The zero-order valence-electron chi connectivity index (χ0n) is 10.2. The van der Waals surface area contributed by atoms with Gasteiger partial charge in [-0.15, -0.1) is 0 Å². The number of carbonyl (C=O) groups is 1. The number of halogens is 1. The molecule has 0 aliphatic rings. The minimum absolute atomic E-state index is 0.0141. The zero-order valence-corrected chi connectivity index (χ0v) is 10.2. The summed E-state index contributed by atoms with van der Waals surface area (Å²) in [5.41, 5.74) is 0.434. The molecule has 17 heavy (non-hydrogen) atoms. The predicted molar refractivity (Wildman–Crippen MR) is 64.0 cm³/mol. The Morgan fingerprint density at radius 1 is 1.53 bits per heavy atom. The third-order valence-electron chi connectivity index (χ3n) is 1.82. The van der Waals surface area contributed by atoms with E-state index in [1.165, 1.54) is 13.2 Å². The maximum Gasteiger partial charge on any atom is 0.246 e. The molecule has 0 aromatic carbocycles. The Hall–Kier alpha value is -1.62. The Balaban J connectivity index is 4.66. The molecule has 0 aliphatic heterocycles. The van der Waals surface area contributed by atoms with Crippen molar-refractivity contribution in [2.75, 3.05) is 26.9 Å². The first-order valence-electron chi connectivity index (χ1n) is 5.15. The van der Waals surface area contributed by atoms with Crippen LogP contribution in [0, 0.1) is 0 Å². The molecule has 0 bridgehead atoms. The van der Waals surface area contributed by atoms with Crippen molar-refractivity contribution >= 4 is 5.91 Å². The van der Waals surface area contributed by atoms with Gasteiger partial charge in [-0.1, -0.05) is 19.2 Å². The Morgan fingerprint density at radius 2 is 2.18 bits per heavy atom. The van der Waals surface area contributed by atoms with Crippen LogP contribution in [0.25, 0.3) is 0 Å². The molecule has 0 saturated carbocycles. The molecule has 0 rings (SSSR count). The van der Waals surface area contributed by atoms with Crippen molar-refractivity contribution in [3.05, 3.63) is 36.4 Å². The van der Waals surface area contributed by atoms with Crippen molar-refractivity contribution in [3.63, 3.8) is 0 Å². The summed E-state index contributed by atoms with van der Waals surface area (Å²) in [5.74, 6) is -0.977. The molecule has 4 nitrogen and oxygen atoms in total. The number of hydrogen-bond donors (Lipinski definition) is 1. The maximum absolute atomic E-state index is 13.1. The van der Waals surface area contributed by atoms with E-state index in [9.17, 15) is 9.18 Å². The van der Waals surface area contributed by atoms with Gasteiger partial charge >= 0.3 is 0 Å². The van der Waals surface area contributed by atoms with Gasteiger partial charge in [0, 0.05) is 19.2 Å². The fourth-order valence-corrected chi connectivity index (χ4v) is 1.11. The number of allylic oxidation sites excluding steroid dienone is 1. The minimum atomic E-state index is -0.692. The number of rotatable bonds is 8. The van der Waals surface area contributed by atoms with Crippen molar-refractivity contribution in [3.8, 4) is 0 Å². The minimum Gasteiger partial charge on any atom is -0.490 e. The maximum atomic E-state index is 13.1. The molecule has 0 fully saturated rings. The average molecular weight is 243 g/mol. The largest absolute Gasteiger partial charge is 0.490 e. The molecule has 0 unspecified atom stereocenters. The highest BCUT2D eigenvalue weighted by Crippen LogP contribution is 2.16. The second-order valence-electron chi connectivity index (χ2n) is 3.11. The first kappa shape index (κ1) is 15.4. The summed E-state index contributed by atoms with van der Waals surface area (Å²) in [6, 6.07) is 0. The van der Waals surface area contributed by atoms with Gasteiger partial charge in [0.15, 0.2) is 11.6 Å². The van der Waals surface area contributed by atoms with E-state index in [0.717, 1.165) is 0 Å². The first-order chi connectivity index (χ1) is 8.06. The van der Waals surface area contributed by atoms with E-state index in [1.807, 2.05) is 0 Å². The van der Waals surface area contributed by atoms with Crippen molar-refractivity contribution < 1.29 is 18.7 Å². The molecule has 0 heterocycles. The summed E-state index contributed by atoms with van der Waals surface area (Å²) in [5, 5.41) is 2.55. The SMILES string of the molecule is C=C/C(CNC(=O)COC)=C(/OCC)C(=C)F. The van der Waals surface area contributed by atoms with Crippen LogP contribution in [0.5, 0.6) is 0 Å². The van der Waals surface area contributed by atoms with E-state index >= 15 is 0 Å². The number of carbonyl (C=O) groups excluding carboxylic acids is 1. The average Bonchev–Trinajstić information content (AvgIpc) is 2.28. The Kier molecular flexibility index (Phi) is 7.71. The fourth-order valence-electron chi connectivity index (χ4n) is 1.11. The standard InChI is InChI=1S/C12H18FNO3/c1-5-10(7-14-11(15)8-16-4)12(9(3)13)17-6-2/h5H,1,3,6-8H2,2,4H3,(H,14,15)/b12-10-. The molecule has 96 valence electrons. The fraction of sp³-hybridized carbons (Fsp3) is 0.417. The van der Waals surface area contributed by atoms with Gasteiger partial charge in [0.05, 0.1) is 6.61 Å². The van der Waals surface area contributed by atoms with Gasteiger partial charge in [-0.3, -0.25) is 4.79 Å². The Morgan fingerprint density at radius 3 is 2.59 bits per heavy atom. The number of amides is 1. The molecular formula is C12H18FNO3. The summed E-state index contributed by atoms with van der Waals surface area (Å²) in [6.45, 7) is 8.81. The van der Waals surface area contributed by atoms with Crippen molar-refractivity contribution in [1.82, 2.24) is 5.32 Å². The molecule has 0 radical (unpaired) electrons. The molecule has 5 heteroatoms. The van der Waals surface area contributed by atoms with Crippen LogP contribution in [-0.4, -0.2) is 32.8 Å². The number of nitrogens with one attached hydrogen (secondary N) is 1. The lowest BCUT2D eigenvalue weighted by Crippen LogP contribution is -2.29. The van der Waals surface area contributed by atoms with Gasteiger partial charge < -0.3 is 14.8 Å². The van der Waals surface area contributed by atoms with E-state index in [2.05, 4.69) is 23.2 Å². The van der Waals surface area contributed by atoms with Crippen LogP contribution in [0.15, 0.2) is 36.4 Å². The van der Waals surface area contributed by atoms with Gasteiger partial charge in [-0.05, 0) is 6.92 Å². The molecule has 0 aromatic rings. The van der Waals surface area contributed by atoms with Crippen LogP contribution < -0.4 is 5.32 Å². The van der Waals surface area contributed by atoms with E-state index in [-0.39, 0.29) is 24.8 Å². The number of hydrogen-bond acceptors (Lipinski definition) is 3. The summed E-state index contributed by atoms with van der Waals surface area (Å²) in [7, 11) is 1.42. The predicted octanol–water partition coefficient (Wildman–Crippen LogP) is 1.71. The van der Waals surface area contributed by atoms with Crippen molar-refractivity contribution in [2.45, 2.75) is 6.92 Å². The summed E-state index contributed by atoms with van der Waals surface area (Å²) in [6.07, 6.45) is 1.42. The molecule has 0 aliphatic carbocycles. The normalized spacial score (nSPS) is 11.5. The van der Waals surface area contributed by atoms with Crippen LogP contribution >= 0.6 is 0 Å². The zero-order chi connectivity index (χ0) is 13.3. The lowest BCUT2D eigenvalue weighted by atomic mass is 10.2. The van der Waals surface area contributed by atoms with E-state index in [1.54, 1.807) is 6.92 Å². The second kappa shape index (κ2) is 8.52. The van der Waals surface area contributed by atoms with Crippen molar-refractivity contribution in [2.24, 2.45) is 0 Å². The van der Waals surface area contributed by atoms with Gasteiger partial charge in [-0.25, -0.2) is 4.39 Å². The van der Waals surface area contributed by atoms with Crippen LogP contribution in [0.4, 0.5) is 4.39 Å². The molecule has 0 spiro atoms. The summed E-state index contributed by atoms with van der Waals surface area (Å²) in [4.78, 5) is 11.2. The summed E-state index contributed by atoms with van der Waals surface area (Å²) < 4.78 is 22.8. The van der Waals surface area contributed by atoms with Gasteiger partial charge in [0.25, 0.3) is 0 Å². The smallest absolute Gasteiger partial charge is 0.246 e. The number of methoxy groups -OCH3 is 1. The first-order valence-corrected chi connectivity index (χ1v) is 5.15. The van der Waals surface area contributed by atoms with Crippen LogP contribution in [0.3, 0.4) is 0 Å². The van der Waals surface area contributed by atoms with Crippen LogP contribution in [0.2, 0.25) is 0 Å². The van der Waals surface area contributed by atoms with Crippen LogP contribution in [-0.2, 0) is 14.3 Å². The summed E-state index contributed by atoms with van der Waals surface area (Å²) >= 11 is 0. The highest BCUT2D eigenvalue weighted by Gasteiger charge is 2.10. The third-order valence-corrected chi connectivity index (χ3v) is 1.82. The van der Waals surface area contributed by atoms with Gasteiger partial charge in [0.1, 0.15) is 6.61 Å². The van der Waals surface area contributed by atoms with Crippen molar-refractivity contribution in [1.29, 1.82) is 0 Å². The molecule has 0 atom stereocenters.